The molecule has 0 aromatic heterocycles. The van der Waals surface area contributed by atoms with Crippen molar-refractivity contribution in [2.24, 2.45) is 5.92 Å². The first-order valence-corrected chi connectivity index (χ1v) is 8.04. The molecule has 2 unspecified atom stereocenters. The maximum atomic E-state index is 5.78. The number of hydrogen-bond donors (Lipinski definition) is 1. The van der Waals surface area contributed by atoms with Crippen LogP contribution < -0.4 is 10.1 Å². The van der Waals surface area contributed by atoms with Gasteiger partial charge in [-0.1, -0.05) is 25.1 Å². The summed E-state index contributed by atoms with van der Waals surface area (Å²) in [5, 5.41) is 3.65. The van der Waals surface area contributed by atoms with Gasteiger partial charge in [-0.3, -0.25) is 0 Å². The maximum Gasteiger partial charge on any atom is 0.119 e. The summed E-state index contributed by atoms with van der Waals surface area (Å²) in [4.78, 5) is 0. The molecule has 1 aromatic carbocycles. The number of benzene rings is 1. The van der Waals surface area contributed by atoms with Gasteiger partial charge in [0.1, 0.15) is 5.75 Å². The molecule has 18 heavy (non-hydrogen) atoms. The van der Waals surface area contributed by atoms with E-state index in [1.54, 1.807) is 0 Å². The molecule has 1 saturated heterocycles. The number of para-hydroxylation sites is 1. The largest absolute Gasteiger partial charge is 0.494 e. The molecule has 0 aliphatic carbocycles. The Morgan fingerprint density at radius 3 is 2.89 bits per heavy atom. The standard InChI is InChI=1S/C15H23NOS/c1-2-9-16-15-12-18-11-13(15)8-10-17-14-6-4-3-5-7-14/h3-7,13,15-16H,2,8-12H2,1H3. The molecule has 1 fully saturated rings. The molecule has 0 amide bonds. The third-order valence-electron chi connectivity index (χ3n) is 3.36. The minimum Gasteiger partial charge on any atom is -0.494 e. The Morgan fingerprint density at radius 1 is 1.28 bits per heavy atom. The lowest BCUT2D eigenvalue weighted by atomic mass is 10.0. The van der Waals surface area contributed by atoms with E-state index in [4.69, 9.17) is 4.74 Å². The zero-order valence-electron chi connectivity index (χ0n) is 11.1. The van der Waals surface area contributed by atoms with Crippen molar-refractivity contribution in [3.8, 4) is 5.75 Å². The number of ether oxygens (including phenoxy) is 1. The van der Waals surface area contributed by atoms with Gasteiger partial charge in [-0.05, 0) is 43.2 Å². The Bertz CT molecular complexity index is 331. The summed E-state index contributed by atoms with van der Waals surface area (Å²) in [6, 6.07) is 10.8. The Balaban J connectivity index is 1.69. The number of rotatable bonds is 7. The van der Waals surface area contributed by atoms with Gasteiger partial charge in [0.25, 0.3) is 0 Å². The van der Waals surface area contributed by atoms with Crippen LogP contribution in [0.2, 0.25) is 0 Å². The van der Waals surface area contributed by atoms with Crippen LogP contribution in [0, 0.1) is 5.92 Å². The summed E-state index contributed by atoms with van der Waals surface area (Å²) in [5.74, 6) is 4.29. The van der Waals surface area contributed by atoms with Crippen LogP contribution in [0.15, 0.2) is 30.3 Å². The quantitative estimate of drug-likeness (QED) is 0.818. The summed E-state index contributed by atoms with van der Waals surface area (Å²) in [6.45, 7) is 4.20. The monoisotopic (exact) mass is 265 g/mol. The van der Waals surface area contributed by atoms with Gasteiger partial charge in [0, 0.05) is 11.8 Å². The molecule has 100 valence electrons. The van der Waals surface area contributed by atoms with E-state index in [2.05, 4.69) is 24.0 Å². The zero-order valence-corrected chi connectivity index (χ0v) is 11.9. The Morgan fingerprint density at radius 2 is 2.11 bits per heavy atom. The molecule has 0 radical (unpaired) electrons. The van der Waals surface area contributed by atoms with E-state index in [1.165, 1.54) is 17.9 Å². The first kappa shape index (κ1) is 13.8. The predicted molar refractivity (Wildman–Crippen MR) is 79.5 cm³/mol. The number of thioether (sulfide) groups is 1. The average molecular weight is 265 g/mol. The Kier molecular flexibility index (Phi) is 5.88. The normalized spacial score (nSPS) is 23.2. The highest BCUT2D eigenvalue weighted by Gasteiger charge is 2.26. The fourth-order valence-electron chi connectivity index (χ4n) is 2.28. The summed E-state index contributed by atoms with van der Waals surface area (Å²) in [5.41, 5.74) is 0. The van der Waals surface area contributed by atoms with E-state index in [-0.39, 0.29) is 0 Å². The van der Waals surface area contributed by atoms with Crippen molar-refractivity contribution in [2.45, 2.75) is 25.8 Å². The second-order valence-electron chi connectivity index (χ2n) is 4.81. The van der Waals surface area contributed by atoms with Crippen molar-refractivity contribution in [3.05, 3.63) is 30.3 Å². The Labute approximate surface area is 114 Å². The maximum absolute atomic E-state index is 5.78. The smallest absolute Gasteiger partial charge is 0.119 e. The van der Waals surface area contributed by atoms with Crippen LogP contribution in [0.3, 0.4) is 0 Å². The molecule has 2 rings (SSSR count). The lowest BCUT2D eigenvalue weighted by Crippen LogP contribution is -2.36. The zero-order chi connectivity index (χ0) is 12.6. The van der Waals surface area contributed by atoms with Crippen LogP contribution >= 0.6 is 11.8 Å². The second kappa shape index (κ2) is 7.70. The van der Waals surface area contributed by atoms with E-state index in [9.17, 15) is 0 Å². The van der Waals surface area contributed by atoms with E-state index < -0.39 is 0 Å². The highest BCUT2D eigenvalue weighted by Crippen LogP contribution is 2.27. The lowest BCUT2D eigenvalue weighted by Gasteiger charge is -2.20. The van der Waals surface area contributed by atoms with Crippen LogP contribution in [0.4, 0.5) is 0 Å². The average Bonchev–Trinajstić information content (AvgIpc) is 2.85. The molecule has 2 nitrogen and oxygen atoms in total. The highest BCUT2D eigenvalue weighted by molar-refractivity contribution is 7.99. The fraction of sp³-hybridized carbons (Fsp3) is 0.600. The third kappa shape index (κ3) is 4.21. The molecule has 1 aliphatic rings. The molecule has 1 aliphatic heterocycles. The van der Waals surface area contributed by atoms with E-state index in [1.807, 2.05) is 30.3 Å². The Hall–Kier alpha value is -0.670. The van der Waals surface area contributed by atoms with Gasteiger partial charge in [-0.25, -0.2) is 0 Å². The van der Waals surface area contributed by atoms with Crippen LogP contribution in [0.5, 0.6) is 5.75 Å². The minimum absolute atomic E-state index is 0.689. The van der Waals surface area contributed by atoms with Gasteiger partial charge in [0.2, 0.25) is 0 Å². The minimum atomic E-state index is 0.689. The lowest BCUT2D eigenvalue weighted by molar-refractivity contribution is 0.268. The molecule has 0 spiro atoms. The van der Waals surface area contributed by atoms with Gasteiger partial charge in [-0.15, -0.1) is 0 Å². The summed E-state index contributed by atoms with van der Waals surface area (Å²) >= 11 is 2.07. The number of nitrogens with one attached hydrogen (secondary N) is 1. The van der Waals surface area contributed by atoms with Gasteiger partial charge >= 0.3 is 0 Å². The van der Waals surface area contributed by atoms with Crippen LogP contribution in [0.25, 0.3) is 0 Å². The molecule has 1 heterocycles. The van der Waals surface area contributed by atoms with E-state index in [0.29, 0.717) is 6.04 Å². The van der Waals surface area contributed by atoms with Crippen molar-refractivity contribution >= 4 is 11.8 Å². The van der Waals surface area contributed by atoms with Crippen molar-refractivity contribution < 1.29 is 4.74 Å². The molecule has 3 heteroatoms. The van der Waals surface area contributed by atoms with Crippen LogP contribution in [-0.4, -0.2) is 30.7 Å². The first-order valence-electron chi connectivity index (χ1n) is 6.89. The summed E-state index contributed by atoms with van der Waals surface area (Å²) < 4.78 is 5.78. The highest BCUT2D eigenvalue weighted by atomic mass is 32.2. The van der Waals surface area contributed by atoms with Crippen molar-refractivity contribution in [1.29, 1.82) is 0 Å². The van der Waals surface area contributed by atoms with Crippen molar-refractivity contribution in [2.75, 3.05) is 24.7 Å². The number of hydrogen-bond acceptors (Lipinski definition) is 3. The molecular formula is C15H23NOS. The van der Waals surface area contributed by atoms with Gasteiger partial charge in [0.15, 0.2) is 0 Å². The van der Waals surface area contributed by atoms with Crippen molar-refractivity contribution in [3.63, 3.8) is 0 Å². The molecule has 0 saturated carbocycles. The first-order chi connectivity index (χ1) is 8.90. The molecule has 2 atom stereocenters. The predicted octanol–water partition coefficient (Wildman–Crippen LogP) is 3.19. The van der Waals surface area contributed by atoms with E-state index in [0.717, 1.165) is 31.2 Å². The molecule has 1 aromatic rings. The molecule has 0 bridgehead atoms. The summed E-state index contributed by atoms with van der Waals surface area (Å²) in [6.07, 6.45) is 2.37. The third-order valence-corrected chi connectivity index (χ3v) is 4.61. The van der Waals surface area contributed by atoms with E-state index >= 15 is 0 Å². The molecule has 1 N–H and O–H groups in total. The van der Waals surface area contributed by atoms with Crippen LogP contribution in [0.1, 0.15) is 19.8 Å². The van der Waals surface area contributed by atoms with Crippen LogP contribution in [-0.2, 0) is 0 Å². The van der Waals surface area contributed by atoms with Crippen molar-refractivity contribution in [1.82, 2.24) is 5.32 Å². The van der Waals surface area contributed by atoms with Gasteiger partial charge < -0.3 is 10.1 Å². The summed E-state index contributed by atoms with van der Waals surface area (Å²) in [7, 11) is 0. The fourth-order valence-corrected chi connectivity index (χ4v) is 3.77. The molecular weight excluding hydrogens is 242 g/mol. The van der Waals surface area contributed by atoms with Gasteiger partial charge in [0.05, 0.1) is 6.61 Å². The SMILES string of the molecule is CCCNC1CSCC1CCOc1ccccc1. The second-order valence-corrected chi connectivity index (χ2v) is 5.88. The van der Waals surface area contributed by atoms with Gasteiger partial charge in [-0.2, -0.15) is 11.8 Å². The topological polar surface area (TPSA) is 21.3 Å².